The molecule has 2 rings (SSSR count). The Morgan fingerprint density at radius 1 is 1.38 bits per heavy atom. The second-order valence-corrected chi connectivity index (χ2v) is 5.81. The Morgan fingerprint density at radius 3 is 2.86 bits per heavy atom. The van der Waals surface area contributed by atoms with Crippen LogP contribution < -0.4 is 0 Å². The van der Waals surface area contributed by atoms with Crippen molar-refractivity contribution in [1.82, 2.24) is 9.88 Å². The average Bonchev–Trinajstić information content (AvgIpc) is 2.91. The lowest BCUT2D eigenvalue weighted by Gasteiger charge is -2.16. The number of rotatable bonds is 7. The van der Waals surface area contributed by atoms with Crippen LogP contribution in [0.3, 0.4) is 0 Å². The highest BCUT2D eigenvalue weighted by molar-refractivity contribution is 7.10. The van der Waals surface area contributed by atoms with Gasteiger partial charge in [0.15, 0.2) is 0 Å². The number of nitrogens with zero attached hydrogens (tertiary/aromatic N) is 2. The zero-order valence-corrected chi connectivity index (χ0v) is 12.7. The van der Waals surface area contributed by atoms with E-state index in [1.54, 1.807) is 17.4 Å². The van der Waals surface area contributed by atoms with Crippen molar-refractivity contribution in [2.24, 2.45) is 0 Å². The van der Waals surface area contributed by atoms with Crippen molar-refractivity contribution in [3.63, 3.8) is 0 Å². The van der Waals surface area contributed by atoms with Gasteiger partial charge in [-0.25, -0.2) is 4.79 Å². The summed E-state index contributed by atoms with van der Waals surface area (Å²) in [6, 6.07) is 6.01. The Balaban J connectivity index is 1.89. The van der Waals surface area contributed by atoms with Crippen molar-refractivity contribution < 1.29 is 9.90 Å². The van der Waals surface area contributed by atoms with Gasteiger partial charge in [-0.05, 0) is 54.3 Å². The molecule has 0 bridgehead atoms. The summed E-state index contributed by atoms with van der Waals surface area (Å²) in [6.07, 6.45) is 7.44. The van der Waals surface area contributed by atoms with E-state index in [2.05, 4.69) is 16.9 Å². The molecule has 0 aliphatic carbocycles. The summed E-state index contributed by atoms with van der Waals surface area (Å²) in [4.78, 5) is 18.0. The van der Waals surface area contributed by atoms with Gasteiger partial charge in [-0.1, -0.05) is 0 Å². The first kappa shape index (κ1) is 15.4. The largest absolute Gasteiger partial charge is 0.478 e. The minimum atomic E-state index is -0.918. The third kappa shape index (κ3) is 5.13. The molecule has 1 N–H and O–H groups in total. The fourth-order valence-electron chi connectivity index (χ4n) is 1.98. The summed E-state index contributed by atoms with van der Waals surface area (Å²) in [5.41, 5.74) is 2.26. The minimum Gasteiger partial charge on any atom is -0.478 e. The molecular weight excluding hydrogens is 284 g/mol. The smallest absolute Gasteiger partial charge is 0.328 e. The third-order valence-electron chi connectivity index (χ3n) is 3.13. The molecule has 0 aliphatic heterocycles. The van der Waals surface area contributed by atoms with Crippen molar-refractivity contribution in [3.05, 3.63) is 58.1 Å². The van der Waals surface area contributed by atoms with Gasteiger partial charge in [-0.2, -0.15) is 0 Å². The van der Waals surface area contributed by atoms with Gasteiger partial charge in [0.25, 0.3) is 0 Å². The molecule has 2 heterocycles. The molecule has 0 aromatic carbocycles. The van der Waals surface area contributed by atoms with Crippen LogP contribution in [0.1, 0.15) is 16.0 Å². The van der Waals surface area contributed by atoms with Crippen molar-refractivity contribution >= 4 is 23.4 Å². The lowest BCUT2D eigenvalue weighted by molar-refractivity contribution is -0.131. The average molecular weight is 302 g/mol. The molecule has 2 aromatic rings. The Hall–Kier alpha value is -1.98. The second kappa shape index (κ2) is 7.71. The number of aliphatic carboxylic acids is 1. The summed E-state index contributed by atoms with van der Waals surface area (Å²) in [7, 11) is 2.08. The highest BCUT2D eigenvalue weighted by Gasteiger charge is 2.06. The number of carboxylic acid groups (broad SMARTS) is 1. The van der Waals surface area contributed by atoms with Crippen LogP contribution in [0, 0.1) is 0 Å². The molecule has 110 valence electrons. The van der Waals surface area contributed by atoms with Gasteiger partial charge in [-0.3, -0.25) is 4.98 Å². The van der Waals surface area contributed by atoms with Crippen LogP contribution in [0.15, 0.2) is 42.0 Å². The highest BCUT2D eigenvalue weighted by atomic mass is 32.1. The molecule has 4 nitrogen and oxygen atoms in total. The number of likely N-dealkylation sites (N-methyl/N-ethyl adjacent to an activating group) is 1. The van der Waals surface area contributed by atoms with Gasteiger partial charge in [0.05, 0.1) is 0 Å². The lowest BCUT2D eigenvalue weighted by Crippen LogP contribution is -2.20. The Kier molecular flexibility index (Phi) is 5.66. The predicted molar refractivity (Wildman–Crippen MR) is 85.3 cm³/mol. The molecule has 0 amide bonds. The number of hydrogen-bond acceptors (Lipinski definition) is 4. The molecule has 0 unspecified atom stereocenters. The molecule has 21 heavy (non-hydrogen) atoms. The van der Waals surface area contributed by atoms with Gasteiger partial charge >= 0.3 is 5.97 Å². The van der Waals surface area contributed by atoms with E-state index < -0.39 is 5.97 Å². The van der Waals surface area contributed by atoms with Gasteiger partial charge in [-0.15, -0.1) is 11.3 Å². The monoisotopic (exact) mass is 302 g/mol. The van der Waals surface area contributed by atoms with E-state index in [0.29, 0.717) is 0 Å². The van der Waals surface area contributed by atoms with Crippen LogP contribution in [0.4, 0.5) is 0 Å². The van der Waals surface area contributed by atoms with Crippen LogP contribution in [0.25, 0.3) is 6.08 Å². The maximum absolute atomic E-state index is 10.6. The number of pyridine rings is 1. The minimum absolute atomic E-state index is 0.821. The van der Waals surface area contributed by atoms with Gasteiger partial charge < -0.3 is 10.0 Å². The first-order valence-corrected chi connectivity index (χ1v) is 7.58. The molecule has 0 radical (unpaired) electrons. The van der Waals surface area contributed by atoms with E-state index in [0.717, 1.165) is 25.1 Å². The van der Waals surface area contributed by atoms with Crippen molar-refractivity contribution in [2.75, 3.05) is 13.6 Å². The first-order chi connectivity index (χ1) is 10.1. The summed E-state index contributed by atoms with van der Waals surface area (Å²) in [5.74, 6) is -0.918. The maximum atomic E-state index is 10.6. The molecule has 0 aliphatic rings. The fourth-order valence-corrected chi connectivity index (χ4v) is 2.93. The van der Waals surface area contributed by atoms with Gasteiger partial charge in [0.2, 0.25) is 0 Å². The van der Waals surface area contributed by atoms with Crippen LogP contribution in [-0.4, -0.2) is 34.6 Å². The maximum Gasteiger partial charge on any atom is 0.328 e. The third-order valence-corrected chi connectivity index (χ3v) is 4.05. The van der Waals surface area contributed by atoms with Gasteiger partial charge in [0, 0.05) is 36.4 Å². The Labute approximate surface area is 128 Å². The Bertz CT molecular complexity index is 608. The molecule has 0 saturated heterocycles. The quantitative estimate of drug-likeness (QED) is 0.799. The molecule has 0 fully saturated rings. The van der Waals surface area contributed by atoms with E-state index in [9.17, 15) is 4.79 Å². The van der Waals surface area contributed by atoms with Crippen LogP contribution in [0.5, 0.6) is 0 Å². The highest BCUT2D eigenvalue weighted by Crippen LogP contribution is 2.20. The van der Waals surface area contributed by atoms with Crippen molar-refractivity contribution in [2.45, 2.75) is 13.0 Å². The van der Waals surface area contributed by atoms with Crippen LogP contribution >= 0.6 is 11.3 Å². The molecule has 0 saturated carbocycles. The molecule has 0 atom stereocenters. The normalized spacial score (nSPS) is 11.3. The Morgan fingerprint density at radius 2 is 2.14 bits per heavy atom. The number of carboxylic acids is 1. The van der Waals surface area contributed by atoms with Crippen LogP contribution in [-0.2, 0) is 17.8 Å². The van der Waals surface area contributed by atoms with Crippen molar-refractivity contribution in [1.29, 1.82) is 0 Å². The lowest BCUT2D eigenvalue weighted by atomic mass is 10.2. The van der Waals surface area contributed by atoms with E-state index in [4.69, 9.17) is 5.11 Å². The summed E-state index contributed by atoms with van der Waals surface area (Å²) < 4.78 is 0. The van der Waals surface area contributed by atoms with E-state index in [-0.39, 0.29) is 0 Å². The van der Waals surface area contributed by atoms with E-state index in [1.165, 1.54) is 16.5 Å². The number of aromatic nitrogens is 1. The van der Waals surface area contributed by atoms with Crippen molar-refractivity contribution in [3.8, 4) is 0 Å². The van der Waals surface area contributed by atoms with Gasteiger partial charge in [0.1, 0.15) is 0 Å². The molecule has 0 spiro atoms. The molecular formula is C16H18N2O2S. The summed E-state index contributed by atoms with van der Waals surface area (Å²) in [6.45, 7) is 1.77. The fraction of sp³-hybridized carbons (Fsp3) is 0.250. The van der Waals surface area contributed by atoms with E-state index >= 15 is 0 Å². The molecule has 5 heteroatoms. The first-order valence-electron chi connectivity index (χ1n) is 6.70. The number of hydrogen-bond donors (Lipinski definition) is 1. The second-order valence-electron chi connectivity index (χ2n) is 4.81. The standard InChI is InChI=1S/C16H18N2O2S/c1-18(10-6-13-4-8-17-9-5-13)12-15-14(7-11-21-15)2-3-16(19)20/h2-5,7-9,11H,6,10,12H2,1H3,(H,19,20). The topological polar surface area (TPSA) is 53.4 Å². The number of carbonyl (C=O) groups is 1. The number of thiophene rings is 1. The zero-order chi connectivity index (χ0) is 15.1. The SMILES string of the molecule is CN(CCc1ccncc1)Cc1sccc1C=CC(=O)O. The summed E-state index contributed by atoms with van der Waals surface area (Å²) >= 11 is 1.66. The predicted octanol–water partition coefficient (Wildman–Crippen LogP) is 2.92. The van der Waals surface area contributed by atoms with E-state index in [1.807, 2.05) is 36.0 Å². The summed E-state index contributed by atoms with van der Waals surface area (Å²) in [5, 5.41) is 10.7. The van der Waals surface area contributed by atoms with Crippen LogP contribution in [0.2, 0.25) is 0 Å². The molecule has 2 aromatic heterocycles. The zero-order valence-electron chi connectivity index (χ0n) is 11.9.